The molecule has 0 amide bonds. The first-order chi connectivity index (χ1) is 13.2. The maximum Gasteiger partial charge on any atom is 0.191 e. The van der Waals surface area contributed by atoms with Gasteiger partial charge < -0.3 is 15.4 Å². The summed E-state index contributed by atoms with van der Waals surface area (Å²) in [7, 11) is 0. The van der Waals surface area contributed by atoms with Crippen molar-refractivity contribution in [3.63, 3.8) is 0 Å². The van der Waals surface area contributed by atoms with Gasteiger partial charge in [0.05, 0.1) is 19.8 Å². The van der Waals surface area contributed by atoms with Gasteiger partial charge in [0, 0.05) is 24.4 Å². The highest BCUT2D eigenvalue weighted by Gasteiger charge is 2.33. The van der Waals surface area contributed by atoms with Crippen molar-refractivity contribution in [3.8, 4) is 0 Å². The van der Waals surface area contributed by atoms with Crippen LogP contribution in [0.25, 0.3) is 0 Å². The smallest absolute Gasteiger partial charge is 0.191 e. The van der Waals surface area contributed by atoms with Crippen molar-refractivity contribution >= 4 is 29.9 Å². The Labute approximate surface area is 186 Å². The molecule has 0 radical (unpaired) electrons. The van der Waals surface area contributed by atoms with Gasteiger partial charge >= 0.3 is 0 Å². The normalized spacial score (nSPS) is 16.4. The Morgan fingerprint density at radius 3 is 2.25 bits per heavy atom. The minimum atomic E-state index is 0. The van der Waals surface area contributed by atoms with Crippen LogP contribution in [0.15, 0.2) is 65.7 Å². The maximum absolute atomic E-state index is 5.34. The first-order valence-corrected chi connectivity index (χ1v) is 9.87. The van der Waals surface area contributed by atoms with Crippen LogP contribution in [0.1, 0.15) is 30.9 Å². The van der Waals surface area contributed by atoms with Crippen LogP contribution in [0.2, 0.25) is 0 Å². The molecule has 1 aliphatic heterocycles. The van der Waals surface area contributed by atoms with Crippen LogP contribution < -0.4 is 10.6 Å². The minimum Gasteiger partial charge on any atom is -0.380 e. The molecular weight excluding hydrogens is 461 g/mol. The van der Waals surface area contributed by atoms with Crippen LogP contribution in [0.5, 0.6) is 0 Å². The molecule has 5 heteroatoms. The number of aliphatic imine (C=N–C) groups is 1. The lowest BCUT2D eigenvalue weighted by atomic mass is 9.89. The minimum absolute atomic E-state index is 0. The number of rotatable bonds is 8. The summed E-state index contributed by atoms with van der Waals surface area (Å²) in [5, 5.41) is 6.93. The van der Waals surface area contributed by atoms with Gasteiger partial charge in [-0.15, -0.1) is 24.0 Å². The summed E-state index contributed by atoms with van der Waals surface area (Å²) in [6, 6.07) is 21.4. The van der Waals surface area contributed by atoms with E-state index in [1.165, 1.54) is 11.1 Å². The monoisotopic (exact) mass is 493 g/mol. The molecule has 1 heterocycles. The second-order valence-electron chi connectivity index (χ2n) is 7.68. The number of nitrogens with zero attached hydrogens (tertiary/aromatic N) is 1. The molecule has 1 unspecified atom stereocenters. The molecule has 0 spiro atoms. The molecule has 2 N–H and O–H groups in total. The van der Waals surface area contributed by atoms with Crippen molar-refractivity contribution in [2.75, 3.05) is 32.8 Å². The molecule has 2 aromatic carbocycles. The van der Waals surface area contributed by atoms with E-state index < -0.39 is 0 Å². The predicted molar refractivity (Wildman–Crippen MR) is 128 cm³/mol. The highest BCUT2D eigenvalue weighted by Crippen LogP contribution is 2.26. The van der Waals surface area contributed by atoms with Crippen LogP contribution in [-0.4, -0.2) is 38.8 Å². The maximum atomic E-state index is 5.34. The Kier molecular flexibility index (Phi) is 9.25. The van der Waals surface area contributed by atoms with Crippen LogP contribution >= 0.6 is 24.0 Å². The Hall–Kier alpha value is -1.60. The summed E-state index contributed by atoms with van der Waals surface area (Å²) in [5.41, 5.74) is 2.89. The van der Waals surface area contributed by atoms with E-state index in [-0.39, 0.29) is 29.4 Å². The van der Waals surface area contributed by atoms with Gasteiger partial charge in [-0.1, -0.05) is 67.6 Å². The summed E-state index contributed by atoms with van der Waals surface area (Å²) in [6.07, 6.45) is 1.00. The molecule has 0 saturated carbocycles. The summed E-state index contributed by atoms with van der Waals surface area (Å²) in [5.74, 6) is 1.28. The lowest BCUT2D eigenvalue weighted by Crippen LogP contribution is -2.45. The van der Waals surface area contributed by atoms with Gasteiger partial charge in [0.15, 0.2) is 5.96 Å². The van der Waals surface area contributed by atoms with E-state index in [1.54, 1.807) is 0 Å². The van der Waals surface area contributed by atoms with Crippen molar-refractivity contribution in [2.24, 2.45) is 10.4 Å². The molecule has 28 heavy (non-hydrogen) atoms. The average molecular weight is 493 g/mol. The van der Waals surface area contributed by atoms with Crippen LogP contribution in [0.4, 0.5) is 0 Å². The topological polar surface area (TPSA) is 45.7 Å². The molecule has 1 fully saturated rings. The number of nitrogens with one attached hydrogen (secondary N) is 2. The Morgan fingerprint density at radius 2 is 1.68 bits per heavy atom. The third kappa shape index (κ3) is 6.78. The number of benzene rings is 2. The number of hydrogen-bond donors (Lipinski definition) is 2. The molecule has 1 atom stereocenters. The van der Waals surface area contributed by atoms with Gasteiger partial charge in [0.2, 0.25) is 0 Å². The molecule has 2 aromatic rings. The van der Waals surface area contributed by atoms with E-state index in [2.05, 4.69) is 85.1 Å². The molecule has 4 nitrogen and oxygen atoms in total. The molecule has 0 aliphatic carbocycles. The van der Waals surface area contributed by atoms with Crippen molar-refractivity contribution in [1.82, 2.24) is 10.6 Å². The van der Waals surface area contributed by atoms with Gasteiger partial charge in [-0.25, -0.2) is 0 Å². The zero-order chi connectivity index (χ0) is 19.0. The number of guanidine groups is 1. The lowest BCUT2D eigenvalue weighted by Gasteiger charge is -2.36. The average Bonchev–Trinajstić information content (AvgIpc) is 2.69. The largest absolute Gasteiger partial charge is 0.380 e. The van der Waals surface area contributed by atoms with E-state index >= 15 is 0 Å². The van der Waals surface area contributed by atoms with Gasteiger partial charge in [-0.05, 0) is 24.5 Å². The molecule has 0 bridgehead atoms. The summed E-state index contributed by atoms with van der Waals surface area (Å²) in [6.45, 7) is 8.42. The zero-order valence-electron chi connectivity index (χ0n) is 16.9. The Bertz CT molecular complexity index is 717. The van der Waals surface area contributed by atoms with Crippen molar-refractivity contribution in [2.45, 2.75) is 26.2 Å². The first kappa shape index (κ1) is 22.7. The third-order valence-electron chi connectivity index (χ3n) is 4.98. The molecule has 1 saturated heterocycles. The van der Waals surface area contributed by atoms with Crippen molar-refractivity contribution < 1.29 is 4.74 Å². The zero-order valence-corrected chi connectivity index (χ0v) is 19.2. The fourth-order valence-electron chi connectivity index (χ4n) is 3.31. The first-order valence-electron chi connectivity index (χ1n) is 9.87. The highest BCUT2D eigenvalue weighted by molar-refractivity contribution is 14.0. The lowest BCUT2D eigenvalue weighted by molar-refractivity contribution is -0.0945. The molecule has 1 aliphatic rings. The fourth-order valence-corrected chi connectivity index (χ4v) is 3.31. The second kappa shape index (κ2) is 11.4. The molecule has 152 valence electrons. The van der Waals surface area contributed by atoms with Crippen molar-refractivity contribution in [3.05, 3.63) is 71.8 Å². The third-order valence-corrected chi connectivity index (χ3v) is 4.98. The van der Waals surface area contributed by atoms with E-state index in [9.17, 15) is 0 Å². The van der Waals surface area contributed by atoms with E-state index in [4.69, 9.17) is 9.73 Å². The standard InChI is InChI=1S/C23H31N3O.HI/c1-3-24-22(26-16-23(2)17-27-18-23)25-15-21(20-12-8-5-9-13-20)14-19-10-6-4-7-11-19;/h4-13,21H,3,14-18H2,1-2H3,(H2,24,25,26);1H. The molecular formula is C23H32IN3O. The van der Waals surface area contributed by atoms with Gasteiger partial charge in [0.25, 0.3) is 0 Å². The van der Waals surface area contributed by atoms with E-state index in [0.29, 0.717) is 5.92 Å². The van der Waals surface area contributed by atoms with Crippen LogP contribution in [0, 0.1) is 5.41 Å². The van der Waals surface area contributed by atoms with E-state index in [1.807, 2.05) is 0 Å². The van der Waals surface area contributed by atoms with Gasteiger partial charge in [-0.3, -0.25) is 4.99 Å². The Balaban J connectivity index is 0.00000280. The quantitative estimate of drug-likeness (QED) is 0.329. The summed E-state index contributed by atoms with van der Waals surface area (Å²) in [4.78, 5) is 4.79. The number of halogens is 1. The molecule has 3 rings (SSSR count). The van der Waals surface area contributed by atoms with Crippen LogP contribution in [0.3, 0.4) is 0 Å². The molecule has 0 aromatic heterocycles. The Morgan fingerprint density at radius 1 is 1.04 bits per heavy atom. The second-order valence-corrected chi connectivity index (χ2v) is 7.68. The number of hydrogen-bond acceptors (Lipinski definition) is 2. The van der Waals surface area contributed by atoms with Crippen LogP contribution in [-0.2, 0) is 11.2 Å². The summed E-state index contributed by atoms with van der Waals surface area (Å²) >= 11 is 0. The van der Waals surface area contributed by atoms with Crippen molar-refractivity contribution in [1.29, 1.82) is 0 Å². The summed E-state index contributed by atoms with van der Waals surface area (Å²) < 4.78 is 5.34. The van der Waals surface area contributed by atoms with E-state index in [0.717, 1.165) is 45.2 Å². The van der Waals surface area contributed by atoms with Gasteiger partial charge in [0.1, 0.15) is 0 Å². The predicted octanol–water partition coefficient (Wildman–Crippen LogP) is 4.22. The number of ether oxygens (including phenoxy) is 1. The SMILES string of the molecule is CCNC(=NCC1(C)COC1)NCC(Cc1ccccc1)c1ccccc1.I. The fraction of sp³-hybridized carbons (Fsp3) is 0.435. The van der Waals surface area contributed by atoms with Gasteiger partial charge in [-0.2, -0.15) is 0 Å². The highest BCUT2D eigenvalue weighted by atomic mass is 127.